The smallest absolute Gasteiger partial charge is 0.295 e. The van der Waals surface area contributed by atoms with Crippen LogP contribution in [-0.2, 0) is 22.7 Å². The maximum absolute atomic E-state index is 13.4. The fourth-order valence-corrected chi connectivity index (χ4v) is 5.12. The van der Waals surface area contributed by atoms with Gasteiger partial charge in [0.05, 0.1) is 32.2 Å². The predicted octanol–water partition coefficient (Wildman–Crippen LogP) is 5.30. The van der Waals surface area contributed by atoms with Crippen LogP contribution in [0.5, 0.6) is 17.2 Å². The van der Waals surface area contributed by atoms with Crippen molar-refractivity contribution >= 4 is 17.4 Å². The number of aryl methyl sites for hydroxylation is 2. The van der Waals surface area contributed by atoms with E-state index >= 15 is 0 Å². The van der Waals surface area contributed by atoms with Crippen LogP contribution in [0.1, 0.15) is 34.7 Å². The minimum atomic E-state index is -0.815. The molecule has 0 saturated carbocycles. The number of hydrogen-bond acceptors (Lipinski definition) is 7. The van der Waals surface area contributed by atoms with Crippen LogP contribution in [0.4, 0.5) is 0 Å². The Morgan fingerprint density at radius 3 is 2.40 bits per heavy atom. The first-order valence-electron chi connectivity index (χ1n) is 13.6. The number of likely N-dealkylation sites (tertiary alicyclic amines) is 1. The van der Waals surface area contributed by atoms with Crippen LogP contribution < -0.4 is 14.2 Å². The number of rotatable bonds is 11. The average Bonchev–Trinajstić information content (AvgIpc) is 3.62. The molecule has 216 valence electrons. The Morgan fingerprint density at radius 1 is 0.952 bits per heavy atom. The molecule has 9 nitrogen and oxygen atoms in total. The molecule has 1 saturated heterocycles. The van der Waals surface area contributed by atoms with Gasteiger partial charge in [0.2, 0.25) is 0 Å². The van der Waals surface area contributed by atoms with E-state index in [4.69, 9.17) is 14.2 Å². The van der Waals surface area contributed by atoms with Crippen molar-refractivity contribution in [3.63, 3.8) is 0 Å². The lowest BCUT2D eigenvalue weighted by Crippen LogP contribution is -2.31. The van der Waals surface area contributed by atoms with Crippen LogP contribution in [0.2, 0.25) is 0 Å². The van der Waals surface area contributed by atoms with Crippen LogP contribution in [0.3, 0.4) is 0 Å². The third kappa shape index (κ3) is 5.85. The zero-order chi connectivity index (χ0) is 29.6. The number of aromatic nitrogens is 2. The van der Waals surface area contributed by atoms with Crippen molar-refractivity contribution in [2.24, 2.45) is 0 Å². The standard InChI is InChI=1S/C33H33N3O6/c1-22-7-4-5-8-25(22)20-42-26-12-9-23(10-13-26)31(37)29-30(24-11-14-27(40-2)28(19-24)41-3)36(33(39)32(29)38)17-6-16-35-18-15-34-21-35/h4-5,7-15,18-19,21,30,37H,6,16-17,20H2,1-3H3/b31-29+/t30-/m1/s1. The molecule has 1 fully saturated rings. The number of ether oxygens (including phenoxy) is 3. The van der Waals surface area contributed by atoms with E-state index in [1.165, 1.54) is 19.1 Å². The van der Waals surface area contributed by atoms with Gasteiger partial charge >= 0.3 is 0 Å². The molecule has 0 radical (unpaired) electrons. The Balaban J connectivity index is 1.46. The van der Waals surface area contributed by atoms with Gasteiger partial charge in [0, 0.05) is 31.0 Å². The van der Waals surface area contributed by atoms with E-state index < -0.39 is 17.7 Å². The molecule has 3 aromatic carbocycles. The predicted molar refractivity (Wildman–Crippen MR) is 157 cm³/mol. The van der Waals surface area contributed by atoms with Gasteiger partial charge in [-0.3, -0.25) is 9.59 Å². The maximum atomic E-state index is 13.4. The summed E-state index contributed by atoms with van der Waals surface area (Å²) >= 11 is 0. The van der Waals surface area contributed by atoms with Gasteiger partial charge in [0.15, 0.2) is 11.5 Å². The molecule has 0 bridgehead atoms. The van der Waals surface area contributed by atoms with Crippen LogP contribution >= 0.6 is 0 Å². The van der Waals surface area contributed by atoms with Crippen molar-refractivity contribution < 1.29 is 28.9 Å². The van der Waals surface area contributed by atoms with Crippen molar-refractivity contribution in [1.29, 1.82) is 0 Å². The molecular formula is C33H33N3O6. The van der Waals surface area contributed by atoms with Gasteiger partial charge in [-0.15, -0.1) is 0 Å². The van der Waals surface area contributed by atoms with Crippen molar-refractivity contribution in [3.8, 4) is 17.2 Å². The number of imidazole rings is 1. The lowest BCUT2D eigenvalue weighted by atomic mass is 9.95. The molecule has 5 rings (SSSR count). The third-order valence-electron chi connectivity index (χ3n) is 7.42. The third-order valence-corrected chi connectivity index (χ3v) is 7.42. The van der Waals surface area contributed by atoms with Gasteiger partial charge in [-0.2, -0.15) is 0 Å². The van der Waals surface area contributed by atoms with Gasteiger partial charge in [-0.25, -0.2) is 4.98 Å². The Bertz CT molecular complexity index is 1590. The number of hydrogen-bond donors (Lipinski definition) is 1. The number of ketones is 1. The molecule has 1 aliphatic heterocycles. The second-order valence-corrected chi connectivity index (χ2v) is 10.0. The lowest BCUT2D eigenvalue weighted by molar-refractivity contribution is -0.139. The van der Waals surface area contributed by atoms with Crippen LogP contribution in [0.15, 0.2) is 91.0 Å². The molecule has 1 atom stereocenters. The normalized spacial score (nSPS) is 16.1. The molecule has 0 unspecified atom stereocenters. The fourth-order valence-electron chi connectivity index (χ4n) is 5.12. The van der Waals surface area contributed by atoms with Crippen molar-refractivity contribution in [3.05, 3.63) is 113 Å². The van der Waals surface area contributed by atoms with Gasteiger partial charge in [-0.1, -0.05) is 30.3 Å². The molecule has 1 aliphatic rings. The number of carbonyl (C=O) groups is 2. The van der Waals surface area contributed by atoms with Crippen LogP contribution in [0, 0.1) is 6.92 Å². The first-order chi connectivity index (χ1) is 20.4. The van der Waals surface area contributed by atoms with Gasteiger partial charge in [0.25, 0.3) is 11.7 Å². The minimum absolute atomic E-state index is 0.0171. The Kier molecular flexibility index (Phi) is 8.57. The monoisotopic (exact) mass is 567 g/mol. The van der Waals surface area contributed by atoms with E-state index in [9.17, 15) is 14.7 Å². The number of methoxy groups -OCH3 is 2. The van der Waals surface area contributed by atoms with Gasteiger partial charge in [-0.05, 0) is 66.4 Å². The zero-order valence-corrected chi connectivity index (χ0v) is 23.8. The maximum Gasteiger partial charge on any atom is 0.295 e. The van der Waals surface area contributed by atoms with Crippen LogP contribution in [0.25, 0.3) is 5.76 Å². The van der Waals surface area contributed by atoms with Gasteiger partial charge < -0.3 is 28.8 Å². The van der Waals surface area contributed by atoms with Gasteiger partial charge in [0.1, 0.15) is 18.1 Å². The van der Waals surface area contributed by atoms with E-state index in [-0.39, 0.29) is 11.3 Å². The number of benzene rings is 3. The molecule has 1 N–H and O–H groups in total. The van der Waals surface area contributed by atoms with E-state index in [2.05, 4.69) is 4.98 Å². The second-order valence-electron chi connectivity index (χ2n) is 10.0. The molecule has 1 aromatic heterocycles. The number of Topliss-reactive ketones (excluding diaryl/α,β-unsaturated/α-hetero) is 1. The number of aliphatic hydroxyl groups is 1. The zero-order valence-electron chi connectivity index (χ0n) is 23.8. The van der Waals surface area contributed by atoms with Crippen LogP contribution in [-0.4, -0.2) is 52.0 Å². The first kappa shape index (κ1) is 28.5. The molecule has 42 heavy (non-hydrogen) atoms. The summed E-state index contributed by atoms with van der Waals surface area (Å²) in [6.07, 6.45) is 5.82. The van der Waals surface area contributed by atoms with E-state index in [0.29, 0.717) is 54.5 Å². The Labute approximate surface area is 244 Å². The second kappa shape index (κ2) is 12.6. The summed E-state index contributed by atoms with van der Waals surface area (Å²) in [6.45, 7) is 3.35. The Morgan fingerprint density at radius 2 is 1.71 bits per heavy atom. The fraction of sp³-hybridized carbons (Fsp3) is 0.242. The summed E-state index contributed by atoms with van der Waals surface area (Å²) in [7, 11) is 3.06. The number of nitrogens with zero attached hydrogens (tertiary/aromatic N) is 3. The SMILES string of the molecule is COc1ccc([C@@H]2/C(=C(\O)c3ccc(OCc4ccccc4C)cc3)C(=O)C(=O)N2CCCn2ccnc2)cc1OC. The molecule has 4 aromatic rings. The lowest BCUT2D eigenvalue weighted by Gasteiger charge is -2.26. The highest BCUT2D eigenvalue weighted by Gasteiger charge is 2.46. The van der Waals surface area contributed by atoms with E-state index in [1.807, 2.05) is 42.0 Å². The van der Waals surface area contributed by atoms with Crippen molar-refractivity contribution in [2.45, 2.75) is 32.5 Å². The Hall–Kier alpha value is -5.05. The number of aliphatic hydroxyl groups excluding tert-OH is 1. The summed E-state index contributed by atoms with van der Waals surface area (Å²) in [5.41, 5.74) is 3.25. The number of carbonyl (C=O) groups excluding carboxylic acids is 2. The highest BCUT2D eigenvalue weighted by Crippen LogP contribution is 2.42. The minimum Gasteiger partial charge on any atom is -0.507 e. The summed E-state index contributed by atoms with van der Waals surface area (Å²) in [6, 6.07) is 19.2. The van der Waals surface area contributed by atoms with Crippen molar-refractivity contribution in [2.75, 3.05) is 20.8 Å². The molecular weight excluding hydrogens is 534 g/mol. The molecule has 9 heteroatoms. The summed E-state index contributed by atoms with van der Waals surface area (Å²) in [5.74, 6) is -0.0782. The molecule has 0 spiro atoms. The average molecular weight is 568 g/mol. The molecule has 2 heterocycles. The summed E-state index contributed by atoms with van der Waals surface area (Å²) in [5, 5.41) is 11.5. The molecule has 1 amide bonds. The highest BCUT2D eigenvalue weighted by molar-refractivity contribution is 6.46. The molecule has 0 aliphatic carbocycles. The first-order valence-corrected chi connectivity index (χ1v) is 13.6. The topological polar surface area (TPSA) is 103 Å². The summed E-state index contributed by atoms with van der Waals surface area (Å²) in [4.78, 5) is 32.3. The van der Waals surface area contributed by atoms with E-state index in [0.717, 1.165) is 11.1 Å². The largest absolute Gasteiger partial charge is 0.507 e. The van der Waals surface area contributed by atoms with E-state index in [1.54, 1.807) is 55.0 Å². The number of amides is 1. The summed E-state index contributed by atoms with van der Waals surface area (Å²) < 4.78 is 18.7. The van der Waals surface area contributed by atoms with Crippen molar-refractivity contribution in [1.82, 2.24) is 14.5 Å². The quantitative estimate of drug-likeness (QED) is 0.149. The highest BCUT2D eigenvalue weighted by atomic mass is 16.5.